The molecular weight excluding hydrogens is 290 g/mol. The maximum atomic E-state index is 13.4. The van der Waals surface area contributed by atoms with Crippen LogP contribution in [0.25, 0.3) is 0 Å². The number of carbonyl (C=O) groups excluding carboxylic acids is 2. The van der Waals surface area contributed by atoms with Crippen LogP contribution in [0.3, 0.4) is 0 Å². The van der Waals surface area contributed by atoms with Crippen molar-refractivity contribution in [1.82, 2.24) is 5.32 Å². The summed E-state index contributed by atoms with van der Waals surface area (Å²) in [5.74, 6) is -3.13. The van der Waals surface area contributed by atoms with Gasteiger partial charge in [-0.3, -0.25) is 9.59 Å². The molecule has 0 radical (unpaired) electrons. The normalized spacial score (nSPS) is 11.8. The third-order valence-electron chi connectivity index (χ3n) is 3.48. The highest BCUT2D eigenvalue weighted by Crippen LogP contribution is 2.15. The van der Waals surface area contributed by atoms with Gasteiger partial charge >= 0.3 is 11.8 Å². The maximum absolute atomic E-state index is 13.4. The second-order valence-electron chi connectivity index (χ2n) is 5.20. The third-order valence-corrected chi connectivity index (χ3v) is 3.48. The molecule has 0 bridgehead atoms. The van der Waals surface area contributed by atoms with Gasteiger partial charge in [-0.1, -0.05) is 33.1 Å². The molecule has 0 saturated heterocycles. The van der Waals surface area contributed by atoms with Crippen molar-refractivity contribution in [2.75, 3.05) is 11.9 Å². The maximum Gasteiger partial charge on any atom is 0.313 e. The Bertz CT molecular complexity index is 521. The van der Waals surface area contributed by atoms with Gasteiger partial charge in [0.25, 0.3) is 0 Å². The smallest absolute Gasteiger partial charge is 0.313 e. The van der Waals surface area contributed by atoms with Crippen molar-refractivity contribution in [3.8, 4) is 0 Å². The molecule has 6 heteroatoms. The van der Waals surface area contributed by atoms with Gasteiger partial charge in [-0.25, -0.2) is 8.78 Å². The van der Waals surface area contributed by atoms with Crippen LogP contribution in [0, 0.1) is 17.6 Å². The minimum atomic E-state index is -0.962. The number of nitrogens with one attached hydrogen (secondary N) is 2. The van der Waals surface area contributed by atoms with Crippen LogP contribution < -0.4 is 10.6 Å². The molecule has 1 aromatic carbocycles. The summed E-state index contributed by atoms with van der Waals surface area (Å²) in [6.07, 6.45) is 4.05. The molecule has 1 rings (SSSR count). The Kier molecular flexibility index (Phi) is 7.49. The van der Waals surface area contributed by atoms with E-state index in [9.17, 15) is 18.4 Å². The molecule has 2 N–H and O–H groups in total. The molecule has 0 unspecified atom stereocenters. The van der Waals surface area contributed by atoms with Crippen LogP contribution in [0.15, 0.2) is 18.2 Å². The number of carbonyl (C=O) groups is 2. The van der Waals surface area contributed by atoms with Crippen molar-refractivity contribution in [3.63, 3.8) is 0 Å². The Morgan fingerprint density at radius 1 is 1.18 bits per heavy atom. The zero-order valence-corrected chi connectivity index (χ0v) is 12.9. The van der Waals surface area contributed by atoms with E-state index in [-0.39, 0.29) is 5.69 Å². The third kappa shape index (κ3) is 5.79. The molecule has 122 valence electrons. The second kappa shape index (κ2) is 9.12. The van der Waals surface area contributed by atoms with Gasteiger partial charge in [0, 0.05) is 12.6 Å². The molecule has 22 heavy (non-hydrogen) atoms. The lowest BCUT2D eigenvalue weighted by atomic mass is 9.99. The van der Waals surface area contributed by atoms with Crippen molar-refractivity contribution >= 4 is 17.5 Å². The molecule has 0 fully saturated rings. The Morgan fingerprint density at radius 3 is 2.50 bits per heavy atom. The Hall–Kier alpha value is -1.98. The summed E-state index contributed by atoms with van der Waals surface area (Å²) in [7, 11) is 0. The van der Waals surface area contributed by atoms with Crippen LogP contribution in [-0.4, -0.2) is 18.4 Å². The molecule has 0 aromatic heterocycles. The fourth-order valence-electron chi connectivity index (χ4n) is 2.03. The van der Waals surface area contributed by atoms with Gasteiger partial charge in [-0.05, 0) is 24.5 Å². The van der Waals surface area contributed by atoms with Gasteiger partial charge in [-0.15, -0.1) is 0 Å². The van der Waals surface area contributed by atoms with Crippen LogP contribution in [0.1, 0.15) is 39.5 Å². The van der Waals surface area contributed by atoms with E-state index in [1.807, 2.05) is 6.92 Å². The summed E-state index contributed by atoms with van der Waals surface area (Å²) in [5.41, 5.74) is -0.223. The predicted molar refractivity (Wildman–Crippen MR) is 81.3 cm³/mol. The Balaban J connectivity index is 2.49. The van der Waals surface area contributed by atoms with Crippen molar-refractivity contribution in [1.29, 1.82) is 0 Å². The first-order chi connectivity index (χ1) is 10.5. The van der Waals surface area contributed by atoms with E-state index in [2.05, 4.69) is 17.6 Å². The first kappa shape index (κ1) is 18.1. The molecule has 1 atom stereocenters. The summed E-state index contributed by atoms with van der Waals surface area (Å²) >= 11 is 0. The topological polar surface area (TPSA) is 58.2 Å². The highest BCUT2D eigenvalue weighted by Gasteiger charge is 2.17. The van der Waals surface area contributed by atoms with Crippen LogP contribution in [0.2, 0.25) is 0 Å². The lowest BCUT2D eigenvalue weighted by Gasteiger charge is -2.15. The first-order valence-corrected chi connectivity index (χ1v) is 7.52. The number of hydrogen-bond donors (Lipinski definition) is 2. The van der Waals surface area contributed by atoms with E-state index in [1.165, 1.54) is 0 Å². The molecule has 0 heterocycles. The molecule has 2 amide bonds. The van der Waals surface area contributed by atoms with E-state index in [0.29, 0.717) is 18.5 Å². The summed E-state index contributed by atoms with van der Waals surface area (Å²) < 4.78 is 26.2. The fourth-order valence-corrected chi connectivity index (χ4v) is 2.03. The van der Waals surface area contributed by atoms with Gasteiger partial charge in [0.15, 0.2) is 0 Å². The van der Waals surface area contributed by atoms with Gasteiger partial charge in [-0.2, -0.15) is 0 Å². The molecule has 1 aromatic rings. The number of benzene rings is 1. The lowest BCUT2D eigenvalue weighted by Crippen LogP contribution is -2.38. The van der Waals surface area contributed by atoms with E-state index in [1.54, 1.807) is 0 Å². The highest BCUT2D eigenvalue weighted by atomic mass is 19.1. The molecule has 0 spiro atoms. The van der Waals surface area contributed by atoms with E-state index in [4.69, 9.17) is 0 Å². The quantitative estimate of drug-likeness (QED) is 0.759. The van der Waals surface area contributed by atoms with E-state index >= 15 is 0 Å². The molecule has 4 nitrogen and oxygen atoms in total. The minimum Gasteiger partial charge on any atom is -0.348 e. The van der Waals surface area contributed by atoms with Gasteiger partial charge in [0.05, 0.1) is 5.69 Å². The molecule has 0 aliphatic rings. The van der Waals surface area contributed by atoms with Gasteiger partial charge in [0.2, 0.25) is 0 Å². The fraction of sp³-hybridized carbons (Fsp3) is 0.500. The predicted octanol–water partition coefficient (Wildman–Crippen LogP) is 3.24. The lowest BCUT2D eigenvalue weighted by molar-refractivity contribution is -0.136. The monoisotopic (exact) mass is 312 g/mol. The summed E-state index contributed by atoms with van der Waals surface area (Å²) in [6, 6.07) is 2.73. The van der Waals surface area contributed by atoms with Crippen molar-refractivity contribution in [2.45, 2.75) is 39.5 Å². The van der Waals surface area contributed by atoms with Crippen molar-refractivity contribution < 1.29 is 18.4 Å². The number of hydrogen-bond acceptors (Lipinski definition) is 2. The minimum absolute atomic E-state index is 0.223. The SMILES string of the molecule is CCCC[C@@H](CC)CNC(=O)C(=O)Nc1ccc(F)cc1F. The number of amides is 2. The van der Waals surface area contributed by atoms with Crippen LogP contribution >= 0.6 is 0 Å². The van der Waals surface area contributed by atoms with Crippen molar-refractivity contribution in [3.05, 3.63) is 29.8 Å². The Labute approximate surface area is 129 Å². The number of rotatable bonds is 7. The summed E-state index contributed by atoms with van der Waals surface area (Å²) in [5, 5.41) is 4.68. The van der Waals surface area contributed by atoms with Gasteiger partial charge < -0.3 is 10.6 Å². The largest absolute Gasteiger partial charge is 0.348 e. The zero-order chi connectivity index (χ0) is 16.5. The standard InChI is InChI=1S/C16H22F2N2O2/c1-3-5-6-11(4-2)10-19-15(21)16(22)20-14-8-7-12(17)9-13(14)18/h7-9,11H,3-6,10H2,1-2H3,(H,19,21)(H,20,22)/t11-/m1/s1. The first-order valence-electron chi connectivity index (χ1n) is 7.52. The van der Waals surface area contributed by atoms with E-state index in [0.717, 1.165) is 37.8 Å². The highest BCUT2D eigenvalue weighted by molar-refractivity contribution is 6.39. The van der Waals surface area contributed by atoms with Crippen LogP contribution in [-0.2, 0) is 9.59 Å². The average Bonchev–Trinajstić information content (AvgIpc) is 2.49. The second-order valence-corrected chi connectivity index (χ2v) is 5.20. The summed E-state index contributed by atoms with van der Waals surface area (Å²) in [4.78, 5) is 23.4. The molecule has 0 aliphatic heterocycles. The average molecular weight is 312 g/mol. The van der Waals surface area contributed by atoms with Gasteiger partial charge in [0.1, 0.15) is 11.6 Å². The molecule has 0 saturated carbocycles. The molecule has 0 aliphatic carbocycles. The summed E-state index contributed by atoms with van der Waals surface area (Å²) in [6.45, 7) is 4.53. The van der Waals surface area contributed by atoms with Crippen LogP contribution in [0.5, 0.6) is 0 Å². The number of halogens is 2. The number of anilines is 1. The zero-order valence-electron chi connectivity index (χ0n) is 12.9. The van der Waals surface area contributed by atoms with E-state index < -0.39 is 23.4 Å². The molecular formula is C16H22F2N2O2. The van der Waals surface area contributed by atoms with Crippen molar-refractivity contribution in [2.24, 2.45) is 5.92 Å². The Morgan fingerprint density at radius 2 is 1.91 bits per heavy atom. The number of unbranched alkanes of at least 4 members (excludes halogenated alkanes) is 1. The van der Waals surface area contributed by atoms with Crippen LogP contribution in [0.4, 0.5) is 14.5 Å².